The Morgan fingerprint density at radius 1 is 1.00 bits per heavy atom. The number of halogens is 1. The molecule has 10 heteroatoms. The number of hydrogen-bond donors (Lipinski definition) is 2. The summed E-state index contributed by atoms with van der Waals surface area (Å²) in [6.07, 6.45) is 0. The largest absolute Gasteiger partial charge is 0.351 e. The second-order valence-electron chi connectivity index (χ2n) is 9.39. The number of pyridine rings is 1. The number of rotatable bonds is 6. The zero-order valence-electron chi connectivity index (χ0n) is 21.8. The molecule has 0 unspecified atom stereocenters. The van der Waals surface area contributed by atoms with Gasteiger partial charge in [-0.25, -0.2) is 29.1 Å². The van der Waals surface area contributed by atoms with Crippen LogP contribution in [0.4, 0.5) is 20.7 Å². The maximum Gasteiger partial charge on any atom is 0.321 e. The van der Waals surface area contributed by atoms with E-state index >= 15 is 0 Å². The molecule has 3 heterocycles. The number of fused-ring (bicyclic) bond motifs is 1. The van der Waals surface area contributed by atoms with Crippen molar-refractivity contribution in [2.45, 2.75) is 13.5 Å². The molecule has 5 rings (SSSR count). The normalized spacial score (nSPS) is 13.8. The number of nitrogens with one attached hydrogen (secondary N) is 2. The molecule has 4 aromatic rings. The van der Waals surface area contributed by atoms with E-state index < -0.39 is 0 Å². The number of anilines is 2. The van der Waals surface area contributed by atoms with Gasteiger partial charge in [0.15, 0.2) is 5.82 Å². The van der Waals surface area contributed by atoms with Crippen LogP contribution in [0.25, 0.3) is 22.3 Å². The van der Waals surface area contributed by atoms with Crippen molar-refractivity contribution in [2.24, 2.45) is 0 Å². The van der Waals surface area contributed by atoms with E-state index in [1.54, 1.807) is 12.1 Å². The molecule has 0 atom stereocenters. The topological polar surface area (TPSA) is 89.5 Å². The molecule has 38 heavy (non-hydrogen) atoms. The van der Waals surface area contributed by atoms with Gasteiger partial charge in [-0.15, -0.1) is 0 Å². The van der Waals surface area contributed by atoms with Crippen LogP contribution in [-0.4, -0.2) is 71.2 Å². The van der Waals surface area contributed by atoms with Crippen LogP contribution in [0.3, 0.4) is 0 Å². The van der Waals surface area contributed by atoms with E-state index in [2.05, 4.69) is 15.6 Å². The molecule has 0 spiro atoms. The zero-order valence-corrected chi connectivity index (χ0v) is 21.8. The molecule has 0 aliphatic carbocycles. The third-order valence-electron chi connectivity index (χ3n) is 6.61. The van der Waals surface area contributed by atoms with Crippen molar-refractivity contribution in [3.05, 3.63) is 77.9 Å². The zero-order chi connectivity index (χ0) is 26.6. The molecule has 0 radical (unpaired) electrons. The number of aromatic nitrogens is 3. The molecule has 196 valence electrons. The Bertz CT molecular complexity index is 1440. The molecule has 0 bridgehead atoms. The molecule has 1 saturated heterocycles. The van der Waals surface area contributed by atoms with Gasteiger partial charge in [0.2, 0.25) is 0 Å². The highest BCUT2D eigenvalue weighted by Crippen LogP contribution is 2.27. The van der Waals surface area contributed by atoms with Crippen molar-refractivity contribution in [2.75, 3.05) is 50.5 Å². The fraction of sp³-hybridized carbons (Fsp3) is 0.286. The summed E-state index contributed by atoms with van der Waals surface area (Å²) in [6, 6.07) is 17.8. The van der Waals surface area contributed by atoms with E-state index in [-0.39, 0.29) is 11.8 Å². The number of aryl methyl sites for hydroxylation is 1. The maximum absolute atomic E-state index is 13.5. The highest BCUT2D eigenvalue weighted by Gasteiger charge is 2.25. The summed E-state index contributed by atoms with van der Waals surface area (Å²) in [5.41, 5.74) is 7.91. The molecule has 9 nitrogen and oxygen atoms in total. The van der Waals surface area contributed by atoms with Gasteiger partial charge in [0, 0.05) is 44.5 Å². The molecule has 2 aromatic carbocycles. The van der Waals surface area contributed by atoms with E-state index in [1.165, 1.54) is 12.1 Å². The second-order valence-corrected chi connectivity index (χ2v) is 9.39. The monoisotopic (exact) mass is 514 g/mol. The lowest BCUT2D eigenvalue weighted by molar-refractivity contribution is 0.208. The number of urea groups is 1. The van der Waals surface area contributed by atoms with Gasteiger partial charge >= 0.3 is 6.03 Å². The van der Waals surface area contributed by atoms with Crippen molar-refractivity contribution in [1.82, 2.24) is 30.3 Å². The summed E-state index contributed by atoms with van der Waals surface area (Å²) in [4.78, 5) is 31.4. The number of nitrogens with zero attached hydrogens (tertiary/aromatic N) is 6. The Hall–Kier alpha value is -4.15. The third-order valence-corrected chi connectivity index (χ3v) is 6.61. The van der Waals surface area contributed by atoms with Crippen molar-refractivity contribution >= 4 is 28.6 Å². The summed E-state index contributed by atoms with van der Waals surface area (Å²) < 4.78 is 13.5. The minimum absolute atomic E-state index is 0.115. The Morgan fingerprint density at radius 2 is 1.76 bits per heavy atom. The summed E-state index contributed by atoms with van der Waals surface area (Å²) in [5.74, 6) is 1.11. The highest BCUT2D eigenvalue weighted by atomic mass is 19.1. The van der Waals surface area contributed by atoms with Crippen LogP contribution in [0.2, 0.25) is 0 Å². The Kier molecular flexibility index (Phi) is 7.43. The van der Waals surface area contributed by atoms with E-state index in [0.717, 1.165) is 33.8 Å². The predicted octanol–water partition coefficient (Wildman–Crippen LogP) is 4.06. The maximum atomic E-state index is 13.5. The fourth-order valence-corrected chi connectivity index (χ4v) is 4.46. The van der Waals surface area contributed by atoms with Crippen molar-refractivity contribution in [1.29, 1.82) is 0 Å². The molecule has 1 fully saturated rings. The lowest BCUT2D eigenvalue weighted by Gasteiger charge is -2.35. The summed E-state index contributed by atoms with van der Waals surface area (Å²) in [6.45, 7) is 4.82. The number of hydrazine groups is 1. The van der Waals surface area contributed by atoms with Gasteiger partial charge < -0.3 is 15.1 Å². The molecule has 2 aromatic heterocycles. The van der Waals surface area contributed by atoms with Crippen LogP contribution >= 0.6 is 0 Å². The smallest absolute Gasteiger partial charge is 0.321 e. The average Bonchev–Trinajstić information content (AvgIpc) is 2.93. The highest BCUT2D eigenvalue weighted by molar-refractivity contribution is 5.90. The first-order valence-electron chi connectivity index (χ1n) is 12.6. The first-order valence-corrected chi connectivity index (χ1v) is 12.6. The predicted molar refractivity (Wildman–Crippen MR) is 147 cm³/mol. The molecular formula is C28H31FN8O. The SMILES string of the molecule is CNN(C)Cc1nc(N2CCN(C(=O)Nc3cccc(C)c3)CC2)c2nc(-c3ccc(F)cc3)ccc2n1. The van der Waals surface area contributed by atoms with Crippen LogP contribution in [0, 0.1) is 12.7 Å². The lowest BCUT2D eigenvalue weighted by Crippen LogP contribution is -2.50. The number of carbonyl (C=O) groups is 1. The van der Waals surface area contributed by atoms with Crippen molar-refractivity contribution < 1.29 is 9.18 Å². The fourth-order valence-electron chi connectivity index (χ4n) is 4.46. The first-order chi connectivity index (χ1) is 18.4. The number of piperazine rings is 1. The van der Waals surface area contributed by atoms with E-state index in [0.29, 0.717) is 44.1 Å². The van der Waals surface area contributed by atoms with E-state index in [4.69, 9.17) is 15.0 Å². The van der Waals surface area contributed by atoms with Gasteiger partial charge in [0.05, 0.1) is 17.8 Å². The second kappa shape index (κ2) is 11.1. The van der Waals surface area contributed by atoms with Gasteiger partial charge in [-0.3, -0.25) is 5.43 Å². The van der Waals surface area contributed by atoms with Gasteiger partial charge in [-0.2, -0.15) is 0 Å². The first kappa shape index (κ1) is 25.5. The van der Waals surface area contributed by atoms with Crippen LogP contribution in [-0.2, 0) is 6.54 Å². The molecule has 1 aliphatic heterocycles. The van der Waals surface area contributed by atoms with Gasteiger partial charge in [-0.05, 0) is 68.1 Å². The van der Waals surface area contributed by atoms with Crippen LogP contribution < -0.4 is 15.6 Å². The Labute approximate surface area is 221 Å². The molecule has 0 saturated carbocycles. The standard InChI is InChI=1S/C28H31FN8O/c1-19-5-4-6-22(17-19)31-28(38)37-15-13-36(14-16-37)27-26-24(32-25(34-27)18-35(3)30-2)12-11-23(33-26)20-7-9-21(29)10-8-20/h4-12,17,30H,13-16,18H2,1-3H3,(H,31,38). The molecule has 2 amide bonds. The number of hydrogen-bond acceptors (Lipinski definition) is 7. The third kappa shape index (κ3) is 5.71. The van der Waals surface area contributed by atoms with E-state index in [1.807, 2.05) is 67.3 Å². The molecular weight excluding hydrogens is 483 g/mol. The van der Waals surface area contributed by atoms with Gasteiger partial charge in [0.1, 0.15) is 17.2 Å². The van der Waals surface area contributed by atoms with E-state index in [9.17, 15) is 9.18 Å². The summed E-state index contributed by atoms with van der Waals surface area (Å²) >= 11 is 0. The van der Waals surface area contributed by atoms with Gasteiger partial charge in [0.25, 0.3) is 0 Å². The average molecular weight is 515 g/mol. The number of amides is 2. The quantitative estimate of drug-likeness (QED) is 0.375. The minimum atomic E-state index is -0.291. The van der Waals surface area contributed by atoms with Crippen molar-refractivity contribution in [3.63, 3.8) is 0 Å². The molecule has 2 N–H and O–H groups in total. The van der Waals surface area contributed by atoms with Crippen molar-refractivity contribution in [3.8, 4) is 11.3 Å². The van der Waals surface area contributed by atoms with Crippen LogP contribution in [0.1, 0.15) is 11.4 Å². The summed E-state index contributed by atoms with van der Waals surface area (Å²) in [5, 5.41) is 4.90. The number of benzene rings is 2. The Morgan fingerprint density at radius 3 is 2.47 bits per heavy atom. The molecule has 1 aliphatic rings. The minimum Gasteiger partial charge on any atom is -0.351 e. The summed E-state index contributed by atoms with van der Waals surface area (Å²) in [7, 11) is 3.77. The Balaban J connectivity index is 1.41. The number of carbonyl (C=O) groups excluding carboxylic acids is 1. The lowest BCUT2D eigenvalue weighted by atomic mass is 10.1. The van der Waals surface area contributed by atoms with Crippen LogP contribution in [0.5, 0.6) is 0 Å². The van der Waals surface area contributed by atoms with Gasteiger partial charge in [-0.1, -0.05) is 12.1 Å². The van der Waals surface area contributed by atoms with Crippen LogP contribution in [0.15, 0.2) is 60.7 Å².